The summed E-state index contributed by atoms with van der Waals surface area (Å²) in [6.45, 7) is -0.131. The predicted molar refractivity (Wildman–Crippen MR) is 62.7 cm³/mol. The van der Waals surface area contributed by atoms with E-state index in [4.69, 9.17) is 15.2 Å². The smallest absolute Gasteiger partial charge is 0.241 e. The molecule has 1 aromatic rings. The lowest BCUT2D eigenvalue weighted by Crippen LogP contribution is -2.41. The first kappa shape index (κ1) is 12.0. The van der Waals surface area contributed by atoms with Crippen LogP contribution in [0.5, 0.6) is 11.5 Å². The third kappa shape index (κ3) is 2.26. The maximum absolute atomic E-state index is 10.8. The number of hydrogen-bond acceptors (Lipinski definition) is 6. The maximum Gasteiger partial charge on any atom is 0.241 e. The molecule has 0 aliphatic carbocycles. The molecule has 1 amide bonds. The molecule has 1 aliphatic rings. The van der Waals surface area contributed by atoms with Crippen LogP contribution in [0.15, 0.2) is 23.5 Å². The first-order valence-electron chi connectivity index (χ1n) is 5.14. The van der Waals surface area contributed by atoms with Crippen molar-refractivity contribution >= 4 is 11.6 Å². The predicted octanol–water partition coefficient (Wildman–Crippen LogP) is 0.235. The molecule has 0 aromatic heterocycles. The second-order valence-corrected chi connectivity index (χ2v) is 3.64. The largest absolute Gasteiger partial charge is 0.454 e. The van der Waals surface area contributed by atoms with Gasteiger partial charge in [0.1, 0.15) is 6.54 Å². The summed E-state index contributed by atoms with van der Waals surface area (Å²) in [5, 5.41) is 5.05. The summed E-state index contributed by atoms with van der Waals surface area (Å²) >= 11 is 0. The number of hydrogen-bond donors (Lipinski definition) is 1. The molecule has 0 unspecified atom stereocenters. The molecule has 8 heteroatoms. The molecule has 0 spiro atoms. The molecule has 0 atom stereocenters. The van der Waals surface area contributed by atoms with Crippen molar-refractivity contribution in [1.82, 2.24) is 5.12 Å². The summed E-state index contributed by atoms with van der Waals surface area (Å²) in [4.78, 5) is 21.5. The van der Waals surface area contributed by atoms with Gasteiger partial charge in [-0.1, -0.05) is 0 Å². The van der Waals surface area contributed by atoms with Crippen LogP contribution in [-0.2, 0) is 4.79 Å². The average Bonchev–Trinajstić information content (AvgIpc) is 2.81. The molecule has 0 fully saturated rings. The third-order valence-corrected chi connectivity index (χ3v) is 2.47. The minimum atomic E-state index is -0.651. The summed E-state index contributed by atoms with van der Waals surface area (Å²) in [7, 11) is 1.59. The van der Waals surface area contributed by atoms with Gasteiger partial charge in [0.25, 0.3) is 0 Å². The monoisotopic (exact) mass is 252 g/mol. The average molecular weight is 252 g/mol. The minimum absolute atomic E-state index is 0.166. The molecule has 0 radical (unpaired) electrons. The number of hydrazine groups is 1. The van der Waals surface area contributed by atoms with E-state index >= 15 is 0 Å². The van der Waals surface area contributed by atoms with Gasteiger partial charge in [0, 0.05) is 13.1 Å². The quantitative estimate of drug-likeness (QED) is 0.595. The molecule has 96 valence electrons. The van der Waals surface area contributed by atoms with Crippen molar-refractivity contribution in [2.24, 2.45) is 11.0 Å². The van der Waals surface area contributed by atoms with Crippen LogP contribution in [0.25, 0.3) is 0 Å². The van der Waals surface area contributed by atoms with Gasteiger partial charge in [-0.3, -0.25) is 9.80 Å². The van der Waals surface area contributed by atoms with E-state index in [-0.39, 0.29) is 13.3 Å². The number of nitroso groups, excluding NO2 is 1. The molecule has 1 aromatic carbocycles. The number of anilines is 1. The van der Waals surface area contributed by atoms with E-state index in [2.05, 4.69) is 5.29 Å². The van der Waals surface area contributed by atoms with E-state index in [1.165, 1.54) is 5.01 Å². The lowest BCUT2D eigenvalue weighted by atomic mass is 10.3. The van der Waals surface area contributed by atoms with E-state index in [1.807, 2.05) is 0 Å². The van der Waals surface area contributed by atoms with Gasteiger partial charge in [-0.05, 0) is 12.1 Å². The molecule has 0 saturated heterocycles. The van der Waals surface area contributed by atoms with Gasteiger partial charge in [0.15, 0.2) is 11.5 Å². The minimum Gasteiger partial charge on any atom is -0.454 e. The number of nitrogens with zero attached hydrogens (tertiary/aromatic N) is 3. The Hall–Kier alpha value is -2.51. The summed E-state index contributed by atoms with van der Waals surface area (Å²) < 4.78 is 10.4. The topological polar surface area (TPSA) is 97.5 Å². The van der Waals surface area contributed by atoms with Gasteiger partial charge < -0.3 is 15.2 Å². The Morgan fingerprint density at radius 1 is 1.44 bits per heavy atom. The van der Waals surface area contributed by atoms with Crippen molar-refractivity contribution in [2.75, 3.05) is 25.4 Å². The summed E-state index contributed by atoms with van der Waals surface area (Å²) in [6.07, 6.45) is 0. The summed E-state index contributed by atoms with van der Waals surface area (Å²) in [5.74, 6) is 0.555. The maximum atomic E-state index is 10.8. The Morgan fingerprint density at radius 3 is 2.83 bits per heavy atom. The molecule has 18 heavy (non-hydrogen) atoms. The normalized spacial score (nSPS) is 12.1. The fourth-order valence-corrected chi connectivity index (χ4v) is 1.55. The summed E-state index contributed by atoms with van der Waals surface area (Å²) in [6, 6.07) is 5.11. The highest BCUT2D eigenvalue weighted by molar-refractivity contribution is 5.76. The van der Waals surface area contributed by atoms with Crippen LogP contribution in [0.4, 0.5) is 5.69 Å². The molecular formula is C10H12N4O4. The van der Waals surface area contributed by atoms with Crippen LogP contribution >= 0.6 is 0 Å². The van der Waals surface area contributed by atoms with Gasteiger partial charge >= 0.3 is 0 Å². The van der Waals surface area contributed by atoms with Crippen molar-refractivity contribution in [2.45, 2.75) is 0 Å². The number of amides is 1. The lowest BCUT2D eigenvalue weighted by molar-refractivity contribution is -0.119. The zero-order valence-electron chi connectivity index (χ0n) is 9.70. The fourth-order valence-electron chi connectivity index (χ4n) is 1.55. The zero-order valence-corrected chi connectivity index (χ0v) is 9.70. The highest BCUT2D eigenvalue weighted by Crippen LogP contribution is 2.35. The highest BCUT2D eigenvalue weighted by Gasteiger charge is 2.18. The molecule has 0 bridgehead atoms. The number of rotatable bonds is 5. The Balaban J connectivity index is 2.19. The van der Waals surface area contributed by atoms with Gasteiger partial charge in [-0.15, -0.1) is 4.91 Å². The molecule has 2 rings (SSSR count). The van der Waals surface area contributed by atoms with Crippen LogP contribution in [-0.4, -0.2) is 31.4 Å². The molecule has 1 aliphatic heterocycles. The van der Waals surface area contributed by atoms with Crippen molar-refractivity contribution in [3.63, 3.8) is 0 Å². The Kier molecular flexibility index (Phi) is 3.18. The van der Waals surface area contributed by atoms with Crippen molar-refractivity contribution in [3.05, 3.63) is 23.1 Å². The van der Waals surface area contributed by atoms with E-state index in [1.54, 1.807) is 25.2 Å². The number of fused-ring (bicyclic) bond motifs is 1. The number of primary amides is 1. The molecule has 8 nitrogen and oxygen atoms in total. The van der Waals surface area contributed by atoms with Gasteiger partial charge in [-0.2, -0.15) is 5.12 Å². The first-order chi connectivity index (χ1) is 8.61. The van der Waals surface area contributed by atoms with Gasteiger partial charge in [0.05, 0.1) is 11.0 Å². The number of carbonyl (C=O) groups excluding carboxylic acids is 1. The number of nitrogens with two attached hydrogens (primary N) is 1. The third-order valence-electron chi connectivity index (χ3n) is 2.47. The van der Waals surface area contributed by atoms with Gasteiger partial charge in [0.2, 0.25) is 12.7 Å². The summed E-state index contributed by atoms with van der Waals surface area (Å²) in [5.41, 5.74) is 5.65. The van der Waals surface area contributed by atoms with Crippen molar-refractivity contribution in [3.8, 4) is 11.5 Å². The molecule has 2 N–H and O–H groups in total. The van der Waals surface area contributed by atoms with Crippen LogP contribution in [0, 0.1) is 4.91 Å². The molecular weight excluding hydrogens is 240 g/mol. The second kappa shape index (κ2) is 4.78. The van der Waals surface area contributed by atoms with Crippen molar-refractivity contribution in [1.29, 1.82) is 0 Å². The van der Waals surface area contributed by atoms with Crippen LogP contribution in [0.2, 0.25) is 0 Å². The highest BCUT2D eigenvalue weighted by atomic mass is 16.7. The molecule has 0 saturated carbocycles. The lowest BCUT2D eigenvalue weighted by Gasteiger charge is -2.26. The fraction of sp³-hybridized carbons (Fsp3) is 0.300. The Labute approximate surface area is 103 Å². The zero-order chi connectivity index (χ0) is 13.1. The van der Waals surface area contributed by atoms with Crippen LogP contribution < -0.4 is 20.2 Å². The number of ether oxygens (including phenoxy) is 2. The number of carbonyl (C=O) groups is 1. The first-order valence-corrected chi connectivity index (χ1v) is 5.14. The SMILES string of the molecule is CN(c1ccc2c(c1)OCO2)N(CC(N)=O)N=O. The second-order valence-electron chi connectivity index (χ2n) is 3.64. The van der Waals surface area contributed by atoms with E-state index in [0.717, 1.165) is 5.12 Å². The van der Waals surface area contributed by atoms with Crippen LogP contribution in [0.3, 0.4) is 0 Å². The van der Waals surface area contributed by atoms with E-state index in [0.29, 0.717) is 17.2 Å². The van der Waals surface area contributed by atoms with E-state index in [9.17, 15) is 9.70 Å². The van der Waals surface area contributed by atoms with Gasteiger partial charge in [-0.25, -0.2) is 0 Å². The van der Waals surface area contributed by atoms with E-state index < -0.39 is 5.91 Å². The number of benzene rings is 1. The van der Waals surface area contributed by atoms with Crippen molar-refractivity contribution < 1.29 is 14.3 Å². The molecule has 1 heterocycles. The standard InChI is InChI=1S/C10H12N4O4/c1-13(14(12-16)5-10(11)15)7-2-3-8-9(4-7)18-6-17-8/h2-4H,5-6H2,1H3,(H2,11,15). The Bertz CT molecular complexity index is 479. The Morgan fingerprint density at radius 2 is 2.17 bits per heavy atom. The van der Waals surface area contributed by atoms with Crippen LogP contribution in [0.1, 0.15) is 0 Å².